The van der Waals surface area contributed by atoms with Gasteiger partial charge in [0.15, 0.2) is 5.78 Å². The normalized spacial score (nSPS) is 11.1. The molecule has 0 spiro atoms. The molecule has 1 aromatic carbocycles. The summed E-state index contributed by atoms with van der Waals surface area (Å²) in [6.07, 6.45) is 0. The predicted molar refractivity (Wildman–Crippen MR) is 82.3 cm³/mol. The fourth-order valence-corrected chi connectivity index (χ4v) is 2.57. The van der Waals surface area contributed by atoms with Crippen LogP contribution in [0.5, 0.6) is 0 Å². The number of likely N-dealkylation sites (N-methyl/N-ethyl adjacent to an activating group) is 1. The summed E-state index contributed by atoms with van der Waals surface area (Å²) in [6.45, 7) is 4.59. The minimum absolute atomic E-state index is 0.0533. The second kappa shape index (κ2) is 6.41. The van der Waals surface area contributed by atoms with E-state index >= 15 is 0 Å². The van der Waals surface area contributed by atoms with Gasteiger partial charge in [-0.05, 0) is 44.7 Å². The van der Waals surface area contributed by atoms with Crippen LogP contribution in [-0.4, -0.2) is 29.3 Å². The third kappa shape index (κ3) is 3.93. The second-order valence-corrected chi connectivity index (χ2v) is 5.73. The Morgan fingerprint density at radius 3 is 2.62 bits per heavy atom. The van der Waals surface area contributed by atoms with Gasteiger partial charge in [0.2, 0.25) is 0 Å². The zero-order valence-corrected chi connectivity index (χ0v) is 13.1. The van der Waals surface area contributed by atoms with Crippen molar-refractivity contribution in [3.63, 3.8) is 0 Å². The number of carbonyl (C=O) groups excluding carboxylic acids is 1. The highest BCUT2D eigenvalue weighted by Gasteiger charge is 2.14. The summed E-state index contributed by atoms with van der Waals surface area (Å²) in [5.41, 5.74) is 3.37. The Hall–Kier alpha value is -1.65. The molecule has 0 aliphatic heterocycles. The van der Waals surface area contributed by atoms with Crippen LogP contribution in [0.2, 0.25) is 5.02 Å². The molecule has 0 bridgehead atoms. The molecule has 1 N–H and O–H groups in total. The largest absolute Gasteiger partial charge is 0.362 e. The molecule has 5 heteroatoms. The van der Waals surface area contributed by atoms with Crippen molar-refractivity contribution in [1.82, 2.24) is 9.88 Å². The molecule has 0 aliphatic rings. The topological polar surface area (TPSA) is 36.1 Å². The lowest BCUT2D eigenvalue weighted by molar-refractivity contribution is 0.0942. The summed E-state index contributed by atoms with van der Waals surface area (Å²) < 4.78 is 13.0. The Morgan fingerprint density at radius 2 is 2.05 bits per heavy atom. The van der Waals surface area contributed by atoms with Crippen molar-refractivity contribution in [3.8, 4) is 0 Å². The Kier molecular flexibility index (Phi) is 4.80. The lowest BCUT2D eigenvalue weighted by Crippen LogP contribution is -2.26. The van der Waals surface area contributed by atoms with Crippen LogP contribution in [0, 0.1) is 19.7 Å². The monoisotopic (exact) mass is 308 g/mol. The first-order chi connectivity index (χ1) is 9.86. The van der Waals surface area contributed by atoms with Gasteiger partial charge in [-0.25, -0.2) is 4.39 Å². The molecule has 0 unspecified atom stereocenters. The first-order valence-corrected chi connectivity index (χ1v) is 7.06. The highest BCUT2D eigenvalue weighted by molar-refractivity contribution is 6.31. The Bertz CT molecular complexity index is 666. The van der Waals surface area contributed by atoms with E-state index in [-0.39, 0.29) is 18.1 Å². The first-order valence-electron chi connectivity index (χ1n) is 6.68. The number of aromatic nitrogens is 1. The number of hydrogen-bond donors (Lipinski definition) is 1. The second-order valence-electron chi connectivity index (χ2n) is 5.32. The molecule has 0 atom stereocenters. The van der Waals surface area contributed by atoms with E-state index in [1.807, 2.05) is 31.9 Å². The van der Waals surface area contributed by atoms with Gasteiger partial charge >= 0.3 is 0 Å². The van der Waals surface area contributed by atoms with Gasteiger partial charge in [0, 0.05) is 28.5 Å². The first kappa shape index (κ1) is 15.7. The maximum atomic E-state index is 13.0. The van der Waals surface area contributed by atoms with Gasteiger partial charge in [0.1, 0.15) is 5.82 Å². The quantitative estimate of drug-likeness (QED) is 0.854. The van der Waals surface area contributed by atoms with Crippen LogP contribution in [0.3, 0.4) is 0 Å². The molecule has 2 rings (SSSR count). The third-order valence-corrected chi connectivity index (χ3v) is 3.67. The van der Waals surface area contributed by atoms with E-state index in [2.05, 4.69) is 4.98 Å². The lowest BCUT2D eigenvalue weighted by Gasteiger charge is -2.16. The molecule has 0 saturated heterocycles. The fraction of sp³-hybridized carbons (Fsp3) is 0.312. The van der Waals surface area contributed by atoms with Crippen molar-refractivity contribution in [2.75, 3.05) is 13.6 Å². The number of carbonyl (C=O) groups is 1. The summed E-state index contributed by atoms with van der Waals surface area (Å²) in [5.74, 6) is -0.307. The summed E-state index contributed by atoms with van der Waals surface area (Å²) >= 11 is 6.00. The van der Waals surface area contributed by atoms with Gasteiger partial charge in [-0.2, -0.15) is 0 Å². The zero-order chi connectivity index (χ0) is 15.6. The van der Waals surface area contributed by atoms with Crippen LogP contribution < -0.4 is 0 Å². The maximum Gasteiger partial charge on any atom is 0.178 e. The standard InChI is InChI=1S/C16H18ClFN2O/c1-10-6-14(11(2)19-10)16(21)9-20(3)8-12-4-5-13(18)7-15(12)17/h4-7,19H,8-9H2,1-3H3. The van der Waals surface area contributed by atoms with Crippen molar-refractivity contribution in [3.05, 3.63) is 57.6 Å². The van der Waals surface area contributed by atoms with Gasteiger partial charge in [-0.15, -0.1) is 0 Å². The Balaban J connectivity index is 2.03. The fourth-order valence-electron chi connectivity index (χ4n) is 2.34. The highest BCUT2D eigenvalue weighted by Crippen LogP contribution is 2.19. The van der Waals surface area contributed by atoms with E-state index in [0.717, 1.165) is 17.0 Å². The lowest BCUT2D eigenvalue weighted by atomic mass is 10.1. The van der Waals surface area contributed by atoms with E-state index in [4.69, 9.17) is 11.6 Å². The van der Waals surface area contributed by atoms with Gasteiger partial charge in [0.25, 0.3) is 0 Å². The summed E-state index contributed by atoms with van der Waals surface area (Å²) in [7, 11) is 1.84. The molecule has 0 amide bonds. The minimum atomic E-state index is -0.360. The molecule has 0 radical (unpaired) electrons. The molecule has 2 aromatic rings. The number of nitrogens with zero attached hydrogens (tertiary/aromatic N) is 1. The molecule has 3 nitrogen and oxygen atoms in total. The average molecular weight is 309 g/mol. The molecular formula is C16H18ClFN2O. The van der Waals surface area contributed by atoms with Gasteiger partial charge in [-0.1, -0.05) is 17.7 Å². The number of halogens is 2. The van der Waals surface area contributed by atoms with Crippen molar-refractivity contribution >= 4 is 17.4 Å². The van der Waals surface area contributed by atoms with Crippen molar-refractivity contribution in [1.29, 1.82) is 0 Å². The minimum Gasteiger partial charge on any atom is -0.362 e. The van der Waals surface area contributed by atoms with Crippen LogP contribution in [-0.2, 0) is 6.54 Å². The maximum absolute atomic E-state index is 13.0. The summed E-state index contributed by atoms with van der Waals surface area (Å²) in [6, 6.07) is 6.16. The number of aryl methyl sites for hydroxylation is 2. The molecule has 0 aliphatic carbocycles. The number of aromatic amines is 1. The molecule has 0 fully saturated rings. The smallest absolute Gasteiger partial charge is 0.178 e. The van der Waals surface area contributed by atoms with E-state index < -0.39 is 0 Å². The van der Waals surface area contributed by atoms with Gasteiger partial charge in [-0.3, -0.25) is 9.69 Å². The van der Waals surface area contributed by atoms with E-state index in [0.29, 0.717) is 17.1 Å². The molecular weight excluding hydrogens is 291 g/mol. The number of Topliss-reactive ketones (excluding diaryl/α,β-unsaturated/α-hetero) is 1. The van der Waals surface area contributed by atoms with E-state index in [1.54, 1.807) is 6.07 Å². The van der Waals surface area contributed by atoms with Gasteiger partial charge < -0.3 is 4.98 Å². The number of hydrogen-bond acceptors (Lipinski definition) is 2. The molecule has 0 saturated carbocycles. The van der Waals surface area contributed by atoms with Crippen LogP contribution >= 0.6 is 11.6 Å². The SMILES string of the molecule is Cc1cc(C(=O)CN(C)Cc2ccc(F)cc2Cl)c(C)[nH]1. The number of benzene rings is 1. The van der Waals surface area contributed by atoms with Crippen LogP contribution in [0.4, 0.5) is 4.39 Å². The molecule has 112 valence electrons. The highest BCUT2D eigenvalue weighted by atomic mass is 35.5. The van der Waals surface area contributed by atoms with Crippen LogP contribution in [0.1, 0.15) is 27.3 Å². The number of ketones is 1. The molecule has 1 heterocycles. The summed E-state index contributed by atoms with van der Waals surface area (Å²) in [4.78, 5) is 17.3. The van der Waals surface area contributed by atoms with Gasteiger partial charge in [0.05, 0.1) is 6.54 Å². The van der Waals surface area contributed by atoms with E-state index in [9.17, 15) is 9.18 Å². The number of H-pyrrole nitrogens is 1. The summed E-state index contributed by atoms with van der Waals surface area (Å²) in [5, 5.41) is 0.378. The average Bonchev–Trinajstić information content (AvgIpc) is 2.72. The zero-order valence-electron chi connectivity index (χ0n) is 12.3. The van der Waals surface area contributed by atoms with Crippen molar-refractivity contribution < 1.29 is 9.18 Å². The third-order valence-electron chi connectivity index (χ3n) is 3.32. The van der Waals surface area contributed by atoms with E-state index in [1.165, 1.54) is 12.1 Å². The predicted octanol–water partition coefficient (Wildman–Crippen LogP) is 3.74. The van der Waals surface area contributed by atoms with Crippen molar-refractivity contribution in [2.24, 2.45) is 0 Å². The van der Waals surface area contributed by atoms with Crippen molar-refractivity contribution in [2.45, 2.75) is 20.4 Å². The van der Waals surface area contributed by atoms with Crippen LogP contribution in [0.15, 0.2) is 24.3 Å². The Morgan fingerprint density at radius 1 is 1.33 bits per heavy atom. The van der Waals surface area contributed by atoms with Crippen LogP contribution in [0.25, 0.3) is 0 Å². The molecule has 21 heavy (non-hydrogen) atoms. The Labute approximate surface area is 128 Å². The molecule has 1 aromatic heterocycles. The number of rotatable bonds is 5. The number of nitrogens with one attached hydrogen (secondary N) is 1.